The van der Waals surface area contributed by atoms with E-state index in [2.05, 4.69) is 0 Å². The van der Waals surface area contributed by atoms with Crippen molar-refractivity contribution >= 4 is 46.4 Å². The Morgan fingerprint density at radius 3 is 2.33 bits per heavy atom. The van der Waals surface area contributed by atoms with Crippen LogP contribution in [0.3, 0.4) is 0 Å². The smallest absolute Gasteiger partial charge is 0.336 e. The summed E-state index contributed by atoms with van der Waals surface area (Å²) in [7, 11) is 2.60. The number of carboxylic acids is 1. The molecule has 0 aromatic heterocycles. The first-order valence-electron chi connectivity index (χ1n) is 9.28. The summed E-state index contributed by atoms with van der Waals surface area (Å²) >= 11 is 12.6. The van der Waals surface area contributed by atoms with Gasteiger partial charge in [-0.25, -0.2) is 4.79 Å². The molecule has 0 bridgehead atoms. The van der Waals surface area contributed by atoms with Crippen molar-refractivity contribution in [3.8, 4) is 39.7 Å². The molecule has 0 radical (unpaired) electrons. The number of carbonyl (C=O) groups excluding carboxylic acids is 1. The maximum atomic E-state index is 12.6. The Kier molecular flexibility index (Phi) is 5.65. The second-order valence-electron chi connectivity index (χ2n) is 6.92. The maximum Gasteiger partial charge on any atom is 0.336 e. The molecule has 2 N–H and O–H groups in total. The molecule has 0 saturated heterocycles. The minimum atomic E-state index is -1.26. The van der Waals surface area contributed by atoms with E-state index in [9.17, 15) is 24.6 Å². The van der Waals surface area contributed by atoms with Crippen LogP contribution in [0, 0.1) is 0 Å². The van der Waals surface area contributed by atoms with E-state index in [0.717, 1.165) is 0 Å². The number of hydrogen-bond acceptors (Lipinski definition) is 7. The van der Waals surface area contributed by atoms with Crippen LogP contribution in [-0.4, -0.2) is 36.7 Å². The van der Waals surface area contributed by atoms with Gasteiger partial charge in [-0.2, -0.15) is 0 Å². The van der Waals surface area contributed by atoms with Crippen LogP contribution >= 0.6 is 23.2 Å². The molecule has 168 valence electrons. The second kappa shape index (κ2) is 8.31. The molecule has 1 heterocycles. The molecule has 2 aromatic rings. The molecule has 10 heteroatoms. The summed E-state index contributed by atoms with van der Waals surface area (Å²) in [5, 5.41) is 19.9. The molecule has 0 amide bonds. The van der Waals surface area contributed by atoms with Gasteiger partial charge in [-0.1, -0.05) is 29.3 Å². The molecule has 0 atom stereocenters. The van der Waals surface area contributed by atoms with Gasteiger partial charge in [-0.05, 0) is 29.8 Å². The van der Waals surface area contributed by atoms with Crippen molar-refractivity contribution in [1.82, 2.24) is 0 Å². The summed E-state index contributed by atoms with van der Waals surface area (Å²) in [5.74, 6) is -1.91. The fraction of sp³-hybridized carbons (Fsp3) is 0.0870. The fourth-order valence-corrected chi connectivity index (χ4v) is 4.10. The van der Waals surface area contributed by atoms with Gasteiger partial charge in [0.2, 0.25) is 5.43 Å². The van der Waals surface area contributed by atoms with Crippen LogP contribution in [0.15, 0.2) is 39.5 Å². The van der Waals surface area contributed by atoms with Gasteiger partial charge in [-0.15, -0.1) is 0 Å². The Labute approximate surface area is 195 Å². The molecular formula is C23H14Cl2O8. The van der Waals surface area contributed by atoms with Crippen LogP contribution in [0.2, 0.25) is 10.0 Å². The first-order valence-corrected chi connectivity index (χ1v) is 10.0. The molecule has 0 fully saturated rings. The average molecular weight is 489 g/mol. The molecule has 0 spiro atoms. The van der Waals surface area contributed by atoms with Crippen LogP contribution in [-0.2, 0) is 0 Å². The van der Waals surface area contributed by atoms with Crippen molar-refractivity contribution in [1.29, 1.82) is 0 Å². The van der Waals surface area contributed by atoms with Gasteiger partial charge in [0.1, 0.15) is 16.3 Å². The van der Waals surface area contributed by atoms with E-state index >= 15 is 0 Å². The molecule has 0 unspecified atom stereocenters. The van der Waals surface area contributed by atoms with E-state index in [4.69, 9.17) is 37.1 Å². The van der Waals surface area contributed by atoms with E-state index in [1.807, 2.05) is 0 Å². The van der Waals surface area contributed by atoms with Gasteiger partial charge in [0.25, 0.3) is 0 Å². The number of aromatic carboxylic acids is 1. The molecule has 1 aliphatic carbocycles. The Bertz CT molecular complexity index is 1490. The van der Waals surface area contributed by atoms with E-state index < -0.39 is 17.1 Å². The number of fused-ring (bicyclic) bond motifs is 2. The van der Waals surface area contributed by atoms with E-state index in [-0.39, 0.29) is 66.1 Å². The van der Waals surface area contributed by atoms with Crippen LogP contribution in [0.4, 0.5) is 0 Å². The maximum absolute atomic E-state index is 12.6. The summed E-state index contributed by atoms with van der Waals surface area (Å²) in [6.45, 7) is 0. The minimum absolute atomic E-state index is 0.00905. The van der Waals surface area contributed by atoms with Gasteiger partial charge in [0.15, 0.2) is 28.6 Å². The van der Waals surface area contributed by atoms with Crippen molar-refractivity contribution in [3.05, 3.63) is 61.7 Å². The number of methoxy groups -OCH3 is 2. The van der Waals surface area contributed by atoms with Crippen LogP contribution in [0.25, 0.3) is 33.4 Å². The molecule has 33 heavy (non-hydrogen) atoms. The SMILES string of the molecule is COc1cc2c(-c3cc(C=O)ccc3C(=O)O)c3cc(OC)c(=O)c(Cl)c-3oc2c(Cl)c1O. The Morgan fingerprint density at radius 2 is 1.73 bits per heavy atom. The Hall–Kier alpha value is -3.75. The molecule has 0 saturated carbocycles. The Balaban J connectivity index is 2.35. The van der Waals surface area contributed by atoms with E-state index in [1.54, 1.807) is 0 Å². The highest BCUT2D eigenvalue weighted by molar-refractivity contribution is 6.38. The zero-order valence-corrected chi connectivity index (χ0v) is 18.6. The molecule has 1 aliphatic heterocycles. The monoisotopic (exact) mass is 488 g/mol. The van der Waals surface area contributed by atoms with Gasteiger partial charge < -0.3 is 24.1 Å². The number of phenolic OH excluding ortho intramolecular Hbond substituents is 1. The third-order valence-electron chi connectivity index (χ3n) is 5.17. The first kappa shape index (κ1) is 22.4. The fourth-order valence-electron chi connectivity index (χ4n) is 3.63. The summed E-state index contributed by atoms with van der Waals surface area (Å²) in [6, 6.07) is 6.78. The van der Waals surface area contributed by atoms with E-state index in [1.165, 1.54) is 44.6 Å². The lowest BCUT2D eigenvalue weighted by atomic mass is 9.89. The van der Waals surface area contributed by atoms with Gasteiger partial charge >= 0.3 is 5.97 Å². The number of phenols is 1. The standard InChI is InChI=1S/C23H14Cl2O8/c1-31-14-6-12-16(11-5-9(8-26)3-4-10(11)23(29)30)13-7-15(32-2)20(28)18(25)22(13)33-21(12)17(24)19(14)27/h3-8,27H,1-2H3,(H,29,30). The lowest BCUT2D eigenvalue weighted by Crippen LogP contribution is -2.09. The highest BCUT2D eigenvalue weighted by Crippen LogP contribution is 2.50. The Morgan fingerprint density at radius 1 is 1.03 bits per heavy atom. The number of ether oxygens (including phenoxy) is 2. The summed E-state index contributed by atoms with van der Waals surface area (Å²) < 4.78 is 16.2. The summed E-state index contributed by atoms with van der Waals surface area (Å²) in [6.07, 6.45) is 0.565. The quantitative estimate of drug-likeness (QED) is 0.293. The van der Waals surface area contributed by atoms with Crippen molar-refractivity contribution in [2.24, 2.45) is 0 Å². The number of hydrogen-bond donors (Lipinski definition) is 2. The molecule has 2 aromatic carbocycles. The zero-order valence-electron chi connectivity index (χ0n) is 17.1. The third kappa shape index (κ3) is 3.44. The normalized spacial score (nSPS) is 11.0. The largest absolute Gasteiger partial charge is 0.503 e. The third-order valence-corrected chi connectivity index (χ3v) is 5.86. The number of halogens is 2. The number of carbonyl (C=O) groups is 2. The van der Waals surface area contributed by atoms with Crippen molar-refractivity contribution in [2.45, 2.75) is 0 Å². The minimum Gasteiger partial charge on any atom is -0.503 e. The predicted molar refractivity (Wildman–Crippen MR) is 122 cm³/mol. The predicted octanol–water partition coefficient (Wildman–Crippen LogP) is 5.11. The molecule has 8 nitrogen and oxygen atoms in total. The van der Waals surface area contributed by atoms with Crippen LogP contribution in [0.1, 0.15) is 20.7 Å². The van der Waals surface area contributed by atoms with E-state index in [0.29, 0.717) is 6.29 Å². The number of benzene rings is 3. The van der Waals surface area contributed by atoms with Gasteiger partial charge in [-0.3, -0.25) is 9.59 Å². The van der Waals surface area contributed by atoms with Crippen LogP contribution in [0.5, 0.6) is 17.2 Å². The average Bonchev–Trinajstić information content (AvgIpc) is 2.82. The van der Waals surface area contributed by atoms with Crippen molar-refractivity contribution in [2.75, 3.05) is 14.2 Å². The lowest BCUT2D eigenvalue weighted by Gasteiger charge is -2.20. The number of aldehydes is 1. The van der Waals surface area contributed by atoms with Crippen molar-refractivity contribution in [3.63, 3.8) is 0 Å². The number of rotatable bonds is 5. The zero-order chi connectivity index (χ0) is 24.0. The second-order valence-corrected chi connectivity index (χ2v) is 7.68. The number of carboxylic acid groups (broad SMARTS) is 1. The van der Waals surface area contributed by atoms with Gasteiger partial charge in [0, 0.05) is 22.1 Å². The molecule has 4 rings (SSSR count). The van der Waals surface area contributed by atoms with Crippen molar-refractivity contribution < 1.29 is 33.7 Å². The highest BCUT2D eigenvalue weighted by Gasteiger charge is 2.29. The lowest BCUT2D eigenvalue weighted by molar-refractivity contribution is 0.0697. The summed E-state index contributed by atoms with van der Waals surface area (Å²) in [4.78, 5) is 36.1. The molecule has 2 aliphatic rings. The number of aromatic hydroxyl groups is 1. The highest BCUT2D eigenvalue weighted by atomic mass is 35.5. The van der Waals surface area contributed by atoms with Crippen LogP contribution < -0.4 is 14.9 Å². The molecular weight excluding hydrogens is 475 g/mol. The first-order chi connectivity index (χ1) is 15.7. The topological polar surface area (TPSA) is 123 Å². The van der Waals surface area contributed by atoms with Gasteiger partial charge in [0.05, 0.1) is 19.8 Å². The summed E-state index contributed by atoms with van der Waals surface area (Å²) in [5.41, 5.74) is -0.0951.